The summed E-state index contributed by atoms with van der Waals surface area (Å²) in [5.74, 6) is -0.0421. The highest BCUT2D eigenvalue weighted by Gasteiger charge is 2.38. The number of nitrogens with zero attached hydrogens (tertiary/aromatic N) is 1. The molecule has 150 valence electrons. The lowest BCUT2D eigenvalue weighted by atomic mass is 10.2. The molecule has 8 heteroatoms. The molecule has 0 amide bonds. The Kier molecular flexibility index (Phi) is 8.25. The van der Waals surface area contributed by atoms with Crippen LogP contribution in [0.1, 0.15) is 31.4 Å². The van der Waals surface area contributed by atoms with Crippen LogP contribution in [0.4, 0.5) is 0 Å². The first-order valence-electron chi connectivity index (χ1n) is 8.86. The predicted octanol–water partition coefficient (Wildman–Crippen LogP) is -0.665. The number of esters is 2. The van der Waals surface area contributed by atoms with E-state index in [2.05, 4.69) is 0 Å². The molecule has 0 N–H and O–H groups in total. The molecule has 0 aliphatic carbocycles. The van der Waals surface area contributed by atoms with Gasteiger partial charge in [-0.05, 0) is 24.1 Å². The van der Waals surface area contributed by atoms with Crippen LogP contribution in [0.25, 0.3) is 0 Å². The number of unbranched alkanes of at least 4 members (excludes halogenated alkanes) is 1. The number of carbonyl (C=O) groups is 2. The SMILES string of the molecule is CCCCOC(=O)C(C(=O)OCc1ccc2c(c1)OCO2)[n+]1ccccc1.[Br-]. The average Bonchev–Trinajstić information content (AvgIpc) is 3.15. The van der Waals surface area contributed by atoms with Crippen LogP contribution in [0.5, 0.6) is 11.5 Å². The third kappa shape index (κ3) is 5.45. The molecule has 1 atom stereocenters. The molecule has 0 radical (unpaired) electrons. The number of pyridine rings is 1. The molecule has 1 aliphatic rings. The fourth-order valence-corrected chi connectivity index (χ4v) is 2.58. The summed E-state index contributed by atoms with van der Waals surface area (Å²) in [4.78, 5) is 25.1. The van der Waals surface area contributed by atoms with Gasteiger partial charge in [0.05, 0.1) is 6.61 Å². The zero-order valence-corrected chi connectivity index (χ0v) is 17.1. The molecule has 0 spiro atoms. The van der Waals surface area contributed by atoms with E-state index in [1.807, 2.05) is 6.92 Å². The van der Waals surface area contributed by atoms with Crippen molar-refractivity contribution in [2.45, 2.75) is 32.4 Å². The van der Waals surface area contributed by atoms with Crippen molar-refractivity contribution in [2.75, 3.05) is 13.4 Å². The van der Waals surface area contributed by atoms with Gasteiger partial charge in [0.15, 0.2) is 23.9 Å². The van der Waals surface area contributed by atoms with E-state index >= 15 is 0 Å². The second-order valence-electron chi connectivity index (χ2n) is 6.04. The molecule has 3 rings (SSSR count). The maximum atomic E-state index is 12.6. The average molecular weight is 452 g/mol. The topological polar surface area (TPSA) is 74.9 Å². The van der Waals surface area contributed by atoms with Crippen LogP contribution in [0.15, 0.2) is 48.8 Å². The predicted molar refractivity (Wildman–Crippen MR) is 93.9 cm³/mol. The Labute approximate surface area is 173 Å². The normalized spacial score (nSPS) is 12.6. The smallest absolute Gasteiger partial charge is 0.388 e. The van der Waals surface area contributed by atoms with Crippen LogP contribution in [-0.4, -0.2) is 25.3 Å². The highest BCUT2D eigenvalue weighted by molar-refractivity contribution is 5.95. The van der Waals surface area contributed by atoms with Crippen molar-refractivity contribution in [3.8, 4) is 11.5 Å². The lowest BCUT2D eigenvalue weighted by Gasteiger charge is -2.12. The van der Waals surface area contributed by atoms with Crippen molar-refractivity contribution < 1.29 is 50.1 Å². The standard InChI is InChI=1S/C20H22NO6.BrH/c1-2-3-11-24-19(22)18(21-9-5-4-6-10-21)20(23)25-13-15-7-8-16-17(12-15)27-14-26-16;/h4-10,12,18H,2-3,11,13-14H2,1H3;1H/q+1;/p-1. The minimum atomic E-state index is -1.18. The summed E-state index contributed by atoms with van der Waals surface area (Å²) < 4.78 is 22.7. The molecule has 7 nitrogen and oxygen atoms in total. The second-order valence-corrected chi connectivity index (χ2v) is 6.04. The summed E-state index contributed by atoms with van der Waals surface area (Å²) in [6.45, 7) is 2.46. The molecule has 1 aliphatic heterocycles. The molecule has 1 aromatic heterocycles. The Bertz CT molecular complexity index is 799. The Morgan fingerprint density at radius 3 is 2.54 bits per heavy atom. The first kappa shape index (κ1) is 21.7. The summed E-state index contributed by atoms with van der Waals surface area (Å²) in [6.07, 6.45) is 4.90. The van der Waals surface area contributed by atoms with Gasteiger partial charge in [-0.25, -0.2) is 9.59 Å². The Morgan fingerprint density at radius 1 is 1.07 bits per heavy atom. The van der Waals surface area contributed by atoms with Crippen molar-refractivity contribution >= 4 is 11.9 Å². The molecule has 1 aromatic carbocycles. The fraction of sp³-hybridized carbons (Fsp3) is 0.350. The monoisotopic (exact) mass is 451 g/mol. The number of hydrogen-bond donors (Lipinski definition) is 0. The molecule has 0 fully saturated rings. The van der Waals surface area contributed by atoms with Gasteiger partial charge < -0.3 is 35.9 Å². The molecule has 28 heavy (non-hydrogen) atoms. The van der Waals surface area contributed by atoms with Gasteiger partial charge in [-0.15, -0.1) is 0 Å². The Morgan fingerprint density at radius 2 is 1.79 bits per heavy atom. The van der Waals surface area contributed by atoms with Gasteiger partial charge in [-0.2, -0.15) is 4.57 Å². The van der Waals surface area contributed by atoms with Crippen molar-refractivity contribution in [2.24, 2.45) is 0 Å². The third-order valence-electron chi connectivity index (χ3n) is 4.04. The molecule has 2 aromatic rings. The maximum absolute atomic E-state index is 12.6. The zero-order valence-electron chi connectivity index (χ0n) is 15.5. The van der Waals surface area contributed by atoms with E-state index < -0.39 is 18.0 Å². The molecule has 0 saturated carbocycles. The summed E-state index contributed by atoms with van der Waals surface area (Å²) >= 11 is 0. The molecular weight excluding hydrogens is 430 g/mol. The largest absolute Gasteiger partial charge is 1.00 e. The van der Waals surface area contributed by atoms with Crippen molar-refractivity contribution in [1.29, 1.82) is 0 Å². The minimum Gasteiger partial charge on any atom is -1.00 e. The molecule has 0 bridgehead atoms. The van der Waals surface area contributed by atoms with E-state index in [0.717, 1.165) is 18.4 Å². The van der Waals surface area contributed by atoms with Gasteiger partial charge in [-0.3, -0.25) is 0 Å². The van der Waals surface area contributed by atoms with Gasteiger partial charge >= 0.3 is 18.0 Å². The number of halogens is 1. The molecule has 1 unspecified atom stereocenters. The van der Waals surface area contributed by atoms with E-state index in [0.29, 0.717) is 11.5 Å². The van der Waals surface area contributed by atoms with Crippen molar-refractivity contribution in [3.05, 3.63) is 54.4 Å². The zero-order chi connectivity index (χ0) is 19.1. The fourth-order valence-electron chi connectivity index (χ4n) is 2.58. The van der Waals surface area contributed by atoms with Crippen LogP contribution < -0.4 is 31.0 Å². The highest BCUT2D eigenvalue weighted by Crippen LogP contribution is 2.32. The number of rotatable bonds is 8. The molecular formula is C20H22BrNO6. The quantitative estimate of drug-likeness (QED) is 0.229. The summed E-state index contributed by atoms with van der Waals surface area (Å²) in [5, 5.41) is 0. The first-order valence-corrected chi connectivity index (χ1v) is 8.86. The minimum absolute atomic E-state index is 0. The maximum Gasteiger partial charge on any atom is 0.388 e. The lowest BCUT2D eigenvalue weighted by molar-refractivity contribution is -0.699. The van der Waals surface area contributed by atoms with Crippen LogP contribution in [0.2, 0.25) is 0 Å². The van der Waals surface area contributed by atoms with E-state index in [4.69, 9.17) is 18.9 Å². The first-order chi connectivity index (χ1) is 13.2. The van der Waals surface area contributed by atoms with E-state index in [9.17, 15) is 9.59 Å². The number of carbonyl (C=O) groups excluding carboxylic acids is 2. The lowest BCUT2D eigenvalue weighted by Crippen LogP contribution is -3.00. The van der Waals surface area contributed by atoms with E-state index in [-0.39, 0.29) is 37.0 Å². The highest BCUT2D eigenvalue weighted by atomic mass is 79.9. The summed E-state index contributed by atoms with van der Waals surface area (Å²) in [6, 6.07) is 9.37. The van der Waals surface area contributed by atoms with Crippen LogP contribution >= 0.6 is 0 Å². The van der Waals surface area contributed by atoms with Crippen LogP contribution in [0, 0.1) is 0 Å². The summed E-state index contributed by atoms with van der Waals surface area (Å²) in [5.41, 5.74) is 0.740. The van der Waals surface area contributed by atoms with Crippen LogP contribution in [-0.2, 0) is 25.7 Å². The number of aromatic nitrogens is 1. The Hall–Kier alpha value is -2.61. The number of fused-ring (bicyclic) bond motifs is 1. The Balaban J connectivity index is 0.00000280. The van der Waals surface area contributed by atoms with Crippen molar-refractivity contribution in [3.63, 3.8) is 0 Å². The third-order valence-corrected chi connectivity index (χ3v) is 4.04. The molecule has 0 saturated heterocycles. The number of hydrogen-bond acceptors (Lipinski definition) is 6. The van der Waals surface area contributed by atoms with Gasteiger partial charge in [0.25, 0.3) is 0 Å². The van der Waals surface area contributed by atoms with Gasteiger partial charge in [0.1, 0.15) is 6.61 Å². The second kappa shape index (κ2) is 10.7. The van der Waals surface area contributed by atoms with Crippen LogP contribution in [0.3, 0.4) is 0 Å². The number of ether oxygens (including phenoxy) is 4. The van der Waals surface area contributed by atoms with Crippen molar-refractivity contribution in [1.82, 2.24) is 0 Å². The molecule has 2 heterocycles. The van der Waals surface area contributed by atoms with Gasteiger partial charge in [0, 0.05) is 12.1 Å². The van der Waals surface area contributed by atoms with E-state index in [1.165, 1.54) is 4.57 Å². The number of benzene rings is 1. The summed E-state index contributed by atoms with van der Waals surface area (Å²) in [7, 11) is 0. The van der Waals surface area contributed by atoms with Gasteiger partial charge in [-0.1, -0.05) is 25.5 Å². The van der Waals surface area contributed by atoms with E-state index in [1.54, 1.807) is 48.8 Å². The van der Waals surface area contributed by atoms with Gasteiger partial charge in [0.2, 0.25) is 6.79 Å².